The van der Waals surface area contributed by atoms with Crippen LogP contribution in [0.25, 0.3) is 22.4 Å². The molecule has 0 bridgehead atoms. The molecule has 5 rings (SSSR count). The molecule has 3 aromatic rings. The topological polar surface area (TPSA) is 122 Å². The number of alkyl halides is 1. The maximum atomic E-state index is 15.6. The molecule has 1 fully saturated rings. The average Bonchev–Trinajstić information content (AvgIpc) is 3.39. The molecule has 0 radical (unpaired) electrons. The number of halogens is 2. The van der Waals surface area contributed by atoms with E-state index in [-0.39, 0.29) is 34.8 Å². The van der Waals surface area contributed by atoms with Crippen molar-refractivity contribution in [2.24, 2.45) is 11.8 Å². The number of pyridine rings is 1. The number of carbonyl (C=O) groups is 3. The van der Waals surface area contributed by atoms with Crippen LogP contribution >= 0.6 is 11.3 Å². The van der Waals surface area contributed by atoms with Crippen LogP contribution in [0, 0.1) is 17.0 Å². The third kappa shape index (κ3) is 6.67. The summed E-state index contributed by atoms with van der Waals surface area (Å²) >= 11 is 0.660. The van der Waals surface area contributed by atoms with Gasteiger partial charge in [0.25, 0.3) is 0 Å². The van der Waals surface area contributed by atoms with E-state index in [1.165, 1.54) is 22.9 Å². The fourth-order valence-corrected chi connectivity index (χ4v) is 6.40. The Balaban J connectivity index is 1.48. The summed E-state index contributed by atoms with van der Waals surface area (Å²) in [6.07, 6.45) is 3.95. The molecule has 0 aliphatic carbocycles. The van der Waals surface area contributed by atoms with Crippen LogP contribution in [-0.4, -0.2) is 67.0 Å². The number of aromatic nitrogens is 2. The lowest BCUT2D eigenvalue weighted by molar-refractivity contribution is -0.141. The predicted molar refractivity (Wildman–Crippen MR) is 156 cm³/mol. The Morgan fingerprint density at radius 1 is 1.23 bits per heavy atom. The number of carbonyl (C=O) groups excluding carboxylic acids is 2. The van der Waals surface area contributed by atoms with E-state index >= 15 is 4.39 Å². The Morgan fingerprint density at radius 3 is 2.72 bits per heavy atom. The van der Waals surface area contributed by atoms with Crippen molar-refractivity contribution in [3.63, 3.8) is 0 Å². The highest BCUT2D eigenvalue weighted by Gasteiger charge is 2.31. The zero-order valence-electron chi connectivity index (χ0n) is 23.8. The summed E-state index contributed by atoms with van der Waals surface area (Å²) in [6.45, 7) is 0.0505. The van der Waals surface area contributed by atoms with E-state index in [9.17, 15) is 23.9 Å². The molecule has 2 amide bonds. The molecule has 228 valence electrons. The number of aliphatic carboxylic acids is 1. The monoisotopic (exact) mass is 614 g/mol. The van der Waals surface area contributed by atoms with E-state index in [0.29, 0.717) is 66.3 Å². The van der Waals surface area contributed by atoms with Gasteiger partial charge in [-0.25, -0.2) is 14.4 Å². The molecule has 10 nitrogen and oxygen atoms in total. The number of aryl methyl sites for hydroxylation is 1. The summed E-state index contributed by atoms with van der Waals surface area (Å²) in [4.78, 5) is 48.9. The molecule has 2 aromatic heterocycles. The van der Waals surface area contributed by atoms with Crippen molar-refractivity contribution in [2.75, 3.05) is 44.0 Å². The number of fused-ring (bicyclic) bond motifs is 1. The van der Waals surface area contributed by atoms with Gasteiger partial charge in [-0.1, -0.05) is 11.3 Å². The highest BCUT2D eigenvalue weighted by atomic mass is 32.1. The largest absolute Gasteiger partial charge is 0.481 e. The maximum Gasteiger partial charge on any atom is 0.304 e. The Labute approximate surface area is 251 Å². The van der Waals surface area contributed by atoms with Crippen LogP contribution in [0.2, 0.25) is 0 Å². The second kappa shape index (κ2) is 13.1. The zero-order chi connectivity index (χ0) is 30.7. The van der Waals surface area contributed by atoms with E-state index in [4.69, 9.17) is 9.47 Å². The van der Waals surface area contributed by atoms with Crippen LogP contribution in [0.1, 0.15) is 37.7 Å². The van der Waals surface area contributed by atoms with Crippen LogP contribution in [0.15, 0.2) is 30.5 Å². The van der Waals surface area contributed by atoms with Gasteiger partial charge in [0.2, 0.25) is 23.8 Å². The van der Waals surface area contributed by atoms with E-state index in [0.717, 1.165) is 18.4 Å². The average molecular weight is 615 g/mol. The third-order valence-corrected chi connectivity index (χ3v) is 8.86. The number of carboxylic acids is 1. The number of anilines is 2. The molecule has 4 heterocycles. The molecule has 1 N–H and O–H groups in total. The fraction of sp³-hybridized carbons (Fsp3) is 0.433. The number of rotatable bonds is 10. The molecular formula is C30H32F2N4O6S. The van der Waals surface area contributed by atoms with Crippen molar-refractivity contribution < 1.29 is 37.7 Å². The van der Waals surface area contributed by atoms with Gasteiger partial charge < -0.3 is 14.6 Å². The fourth-order valence-electron chi connectivity index (χ4n) is 5.62. The van der Waals surface area contributed by atoms with Gasteiger partial charge in [0.15, 0.2) is 5.13 Å². The zero-order valence-corrected chi connectivity index (χ0v) is 24.7. The summed E-state index contributed by atoms with van der Waals surface area (Å²) in [5.41, 5.74) is 2.28. The number of nitrogens with zero attached hydrogens (tertiary/aromatic N) is 4. The molecule has 2 aliphatic heterocycles. The minimum absolute atomic E-state index is 0.0322. The maximum absolute atomic E-state index is 15.6. The number of hydrogen-bond acceptors (Lipinski definition) is 8. The van der Waals surface area contributed by atoms with Gasteiger partial charge >= 0.3 is 5.97 Å². The van der Waals surface area contributed by atoms with Crippen molar-refractivity contribution in [2.45, 2.75) is 38.5 Å². The van der Waals surface area contributed by atoms with Gasteiger partial charge in [-0.15, -0.1) is 0 Å². The first-order chi connectivity index (χ1) is 20.7. The lowest BCUT2D eigenvalue weighted by Gasteiger charge is -2.27. The van der Waals surface area contributed by atoms with E-state index in [2.05, 4.69) is 9.97 Å². The van der Waals surface area contributed by atoms with Gasteiger partial charge in [0.05, 0.1) is 6.42 Å². The standard InChI is InChI=1S/C30H32F2N4O6S/c1-35-24(37)6-3-18-12-20(15-33-28(18)35)22-5-4-21(42-16-31)14-23(22)26-27(32)43-30(34-26)36(2)29(40)19(13-25(38)39)11-17-7-9-41-10-8-17/h4-5,12,14-15,17,19H,3,6-11,13,16H2,1-2H3,(H,38,39). The Bertz CT molecular complexity index is 1530. The Hall–Kier alpha value is -3.97. The first-order valence-corrected chi connectivity index (χ1v) is 14.8. The molecule has 43 heavy (non-hydrogen) atoms. The predicted octanol–water partition coefficient (Wildman–Crippen LogP) is 5.10. The first kappa shape index (κ1) is 30.5. The number of thiazole rings is 1. The van der Waals surface area contributed by atoms with E-state index in [1.54, 1.807) is 25.4 Å². The molecule has 13 heteroatoms. The molecule has 0 saturated carbocycles. The van der Waals surface area contributed by atoms with Crippen molar-refractivity contribution in [3.05, 3.63) is 41.2 Å². The number of hydrogen-bond donors (Lipinski definition) is 1. The molecule has 1 aromatic carbocycles. The quantitative estimate of drug-likeness (QED) is 0.335. The third-order valence-electron chi connectivity index (χ3n) is 7.94. The van der Waals surface area contributed by atoms with Gasteiger partial charge in [0, 0.05) is 57.0 Å². The van der Waals surface area contributed by atoms with Gasteiger partial charge in [-0.3, -0.25) is 24.2 Å². The summed E-state index contributed by atoms with van der Waals surface area (Å²) in [5.74, 6) is -1.51. The summed E-state index contributed by atoms with van der Waals surface area (Å²) < 4.78 is 39.1. The van der Waals surface area contributed by atoms with Gasteiger partial charge in [-0.05, 0) is 67.0 Å². The summed E-state index contributed by atoms with van der Waals surface area (Å²) in [6, 6.07) is 6.58. The molecule has 1 unspecified atom stereocenters. The SMILES string of the molecule is CN(C(=O)C(CC(=O)O)CC1CCOCC1)c1nc(-c2cc(OCF)ccc2-c2cnc3c(c2)CCC(=O)N3C)c(F)s1. The molecule has 1 saturated heterocycles. The van der Waals surface area contributed by atoms with Crippen LogP contribution < -0.4 is 14.5 Å². The Morgan fingerprint density at radius 2 is 2.00 bits per heavy atom. The van der Waals surface area contributed by atoms with Crippen LogP contribution in [0.3, 0.4) is 0 Å². The molecule has 2 aliphatic rings. The van der Waals surface area contributed by atoms with Crippen molar-refractivity contribution in [1.82, 2.24) is 9.97 Å². The molecule has 1 atom stereocenters. The van der Waals surface area contributed by atoms with Crippen molar-refractivity contribution in [3.8, 4) is 28.1 Å². The normalized spacial score (nSPS) is 16.1. The first-order valence-electron chi connectivity index (χ1n) is 14.0. The van der Waals surface area contributed by atoms with Gasteiger partial charge in [-0.2, -0.15) is 4.39 Å². The number of benzene rings is 1. The van der Waals surface area contributed by atoms with Crippen LogP contribution in [-0.2, 0) is 25.5 Å². The van der Waals surface area contributed by atoms with Crippen molar-refractivity contribution in [1.29, 1.82) is 0 Å². The summed E-state index contributed by atoms with van der Waals surface area (Å²) in [7, 11) is 3.12. The van der Waals surface area contributed by atoms with Gasteiger partial charge in [0.1, 0.15) is 17.3 Å². The Kier molecular flexibility index (Phi) is 9.31. The highest BCUT2D eigenvalue weighted by molar-refractivity contribution is 7.14. The smallest absolute Gasteiger partial charge is 0.304 e. The minimum Gasteiger partial charge on any atom is -0.481 e. The second-order valence-corrected chi connectivity index (χ2v) is 11.7. The lowest BCUT2D eigenvalue weighted by atomic mass is 9.86. The number of carboxylic acid groups (broad SMARTS) is 1. The van der Waals surface area contributed by atoms with Crippen molar-refractivity contribution >= 4 is 40.1 Å². The number of ether oxygens (including phenoxy) is 2. The highest BCUT2D eigenvalue weighted by Crippen LogP contribution is 2.41. The lowest BCUT2D eigenvalue weighted by Crippen LogP contribution is -2.35. The molecule has 0 spiro atoms. The van der Waals surface area contributed by atoms with Crippen LogP contribution in [0.5, 0.6) is 5.75 Å². The molecular weight excluding hydrogens is 582 g/mol. The second-order valence-electron chi connectivity index (χ2n) is 10.7. The minimum atomic E-state index is -1.09. The van der Waals surface area contributed by atoms with E-state index in [1.807, 2.05) is 6.07 Å². The van der Waals surface area contributed by atoms with Crippen LogP contribution in [0.4, 0.5) is 19.7 Å². The van der Waals surface area contributed by atoms with E-state index < -0.39 is 29.8 Å². The number of amides is 2. The summed E-state index contributed by atoms with van der Waals surface area (Å²) in [5, 5.41) is 8.87.